The monoisotopic (exact) mass is 319 g/mol. The second-order valence-corrected chi connectivity index (χ2v) is 4.99. The molecule has 0 aliphatic heterocycles. The van der Waals surface area contributed by atoms with Crippen LogP contribution in [0.5, 0.6) is 5.75 Å². The summed E-state index contributed by atoms with van der Waals surface area (Å²) in [6.45, 7) is 1.57. The number of carbonyl (C=O) groups is 2. The highest BCUT2D eigenvalue weighted by molar-refractivity contribution is 6.30. The third-order valence-corrected chi connectivity index (χ3v) is 3.13. The molecule has 1 amide bonds. The molecule has 0 aliphatic rings. The van der Waals surface area contributed by atoms with E-state index in [2.05, 4.69) is 5.32 Å². The van der Waals surface area contributed by atoms with Gasteiger partial charge in [-0.25, -0.2) is 4.79 Å². The number of rotatable bonds is 5. The van der Waals surface area contributed by atoms with E-state index < -0.39 is 18.0 Å². The summed E-state index contributed by atoms with van der Waals surface area (Å²) in [5.74, 6) is -1.10. The van der Waals surface area contributed by atoms with Crippen molar-refractivity contribution in [3.63, 3.8) is 0 Å². The average molecular weight is 320 g/mol. The van der Waals surface area contributed by atoms with Crippen molar-refractivity contribution in [2.24, 2.45) is 0 Å². The van der Waals surface area contributed by atoms with Gasteiger partial charge in [0, 0.05) is 5.02 Å². The maximum atomic E-state index is 12.1. The molecular weight excluding hydrogens is 306 g/mol. The van der Waals surface area contributed by atoms with Gasteiger partial charge in [-0.3, -0.25) is 4.79 Å². The maximum Gasteiger partial charge on any atom is 0.337 e. The number of hydrogen-bond donors (Lipinski definition) is 2. The molecule has 2 N–H and O–H groups in total. The zero-order valence-corrected chi connectivity index (χ0v) is 12.5. The Hall–Kier alpha value is -2.53. The van der Waals surface area contributed by atoms with Crippen LogP contribution in [0, 0.1) is 0 Å². The highest BCUT2D eigenvalue weighted by atomic mass is 35.5. The standard InChI is InChI=1S/C16H14ClNO4/c1-10(22-12-6-4-5-11(17)9-12)15(19)18-14-8-3-2-7-13(14)16(20)21/h2-10H,1H3,(H,18,19)(H,20,21)/t10-/m1/s1. The summed E-state index contributed by atoms with van der Waals surface area (Å²) >= 11 is 5.85. The van der Waals surface area contributed by atoms with Gasteiger partial charge in [0.2, 0.25) is 0 Å². The number of nitrogens with one attached hydrogen (secondary N) is 1. The Balaban J connectivity index is 2.07. The number of benzene rings is 2. The second-order valence-electron chi connectivity index (χ2n) is 4.56. The minimum atomic E-state index is -1.11. The van der Waals surface area contributed by atoms with Gasteiger partial charge in [-0.05, 0) is 37.3 Å². The Morgan fingerprint density at radius 2 is 1.91 bits per heavy atom. The summed E-state index contributed by atoms with van der Waals surface area (Å²) < 4.78 is 5.49. The fraction of sp³-hybridized carbons (Fsp3) is 0.125. The third-order valence-electron chi connectivity index (χ3n) is 2.89. The van der Waals surface area contributed by atoms with Crippen molar-refractivity contribution in [2.75, 3.05) is 5.32 Å². The summed E-state index contributed by atoms with van der Waals surface area (Å²) in [6.07, 6.45) is -0.805. The van der Waals surface area contributed by atoms with Crippen LogP contribution in [0.3, 0.4) is 0 Å². The SMILES string of the molecule is C[C@@H](Oc1cccc(Cl)c1)C(=O)Nc1ccccc1C(=O)O. The Morgan fingerprint density at radius 1 is 1.18 bits per heavy atom. The van der Waals surface area contributed by atoms with Gasteiger partial charge in [-0.1, -0.05) is 29.8 Å². The molecule has 0 spiro atoms. The lowest BCUT2D eigenvalue weighted by molar-refractivity contribution is -0.122. The Morgan fingerprint density at radius 3 is 2.59 bits per heavy atom. The van der Waals surface area contributed by atoms with E-state index in [9.17, 15) is 9.59 Å². The molecule has 5 nitrogen and oxygen atoms in total. The zero-order valence-electron chi connectivity index (χ0n) is 11.7. The zero-order chi connectivity index (χ0) is 16.1. The number of carboxylic acids is 1. The lowest BCUT2D eigenvalue weighted by Gasteiger charge is -2.15. The Labute approximate surface area is 132 Å². The highest BCUT2D eigenvalue weighted by Gasteiger charge is 2.18. The van der Waals surface area contributed by atoms with Crippen LogP contribution in [0.15, 0.2) is 48.5 Å². The average Bonchev–Trinajstić information content (AvgIpc) is 2.47. The minimum Gasteiger partial charge on any atom is -0.481 e. The van der Waals surface area contributed by atoms with Crippen molar-refractivity contribution in [3.8, 4) is 5.75 Å². The van der Waals surface area contributed by atoms with Crippen LogP contribution < -0.4 is 10.1 Å². The van der Waals surface area contributed by atoms with E-state index in [0.717, 1.165) is 0 Å². The molecule has 0 aromatic heterocycles. The topological polar surface area (TPSA) is 75.6 Å². The van der Waals surface area contributed by atoms with E-state index in [1.807, 2.05) is 0 Å². The summed E-state index contributed by atoms with van der Waals surface area (Å²) in [5, 5.41) is 12.1. The summed E-state index contributed by atoms with van der Waals surface area (Å²) in [5.41, 5.74) is 0.243. The first kappa shape index (κ1) is 15.9. The van der Waals surface area contributed by atoms with Crippen molar-refractivity contribution in [1.29, 1.82) is 0 Å². The van der Waals surface area contributed by atoms with Gasteiger partial charge < -0.3 is 15.2 Å². The number of aromatic carboxylic acids is 1. The number of carbonyl (C=O) groups excluding carboxylic acids is 1. The Kier molecular flexibility index (Phi) is 5.01. The molecule has 0 radical (unpaired) electrons. The van der Waals surface area contributed by atoms with Gasteiger partial charge in [0.05, 0.1) is 11.3 Å². The van der Waals surface area contributed by atoms with Crippen LogP contribution >= 0.6 is 11.6 Å². The van der Waals surface area contributed by atoms with Gasteiger partial charge in [-0.2, -0.15) is 0 Å². The Bertz CT molecular complexity index is 702. The predicted octanol–water partition coefficient (Wildman–Crippen LogP) is 3.44. The molecule has 0 fully saturated rings. The van der Waals surface area contributed by atoms with Crippen LogP contribution in [0.4, 0.5) is 5.69 Å². The first-order chi connectivity index (χ1) is 10.5. The molecule has 2 rings (SSSR count). The van der Waals surface area contributed by atoms with Gasteiger partial charge in [-0.15, -0.1) is 0 Å². The van der Waals surface area contributed by atoms with E-state index in [0.29, 0.717) is 10.8 Å². The van der Waals surface area contributed by atoms with Crippen molar-refractivity contribution in [1.82, 2.24) is 0 Å². The number of amides is 1. The van der Waals surface area contributed by atoms with Gasteiger partial charge in [0.25, 0.3) is 5.91 Å². The largest absolute Gasteiger partial charge is 0.481 e. The summed E-state index contributed by atoms with van der Waals surface area (Å²) in [7, 11) is 0. The summed E-state index contributed by atoms with van der Waals surface area (Å²) in [4.78, 5) is 23.2. The van der Waals surface area contributed by atoms with Gasteiger partial charge in [0.15, 0.2) is 6.10 Å². The predicted molar refractivity (Wildman–Crippen MR) is 83.6 cm³/mol. The summed E-state index contributed by atoms with van der Waals surface area (Å²) in [6, 6.07) is 12.9. The smallest absolute Gasteiger partial charge is 0.337 e. The van der Waals surface area contributed by atoms with Crippen molar-refractivity contribution < 1.29 is 19.4 Å². The number of halogens is 1. The molecule has 0 bridgehead atoms. The van der Waals surface area contributed by atoms with Crippen LogP contribution in [-0.4, -0.2) is 23.1 Å². The molecule has 22 heavy (non-hydrogen) atoms. The second kappa shape index (κ2) is 6.95. The van der Waals surface area contributed by atoms with E-state index in [-0.39, 0.29) is 11.3 Å². The normalized spacial score (nSPS) is 11.5. The fourth-order valence-corrected chi connectivity index (χ4v) is 1.99. The molecule has 0 saturated heterocycles. The van der Waals surface area contributed by atoms with Crippen LogP contribution in [-0.2, 0) is 4.79 Å². The molecule has 0 heterocycles. The molecule has 0 saturated carbocycles. The fourth-order valence-electron chi connectivity index (χ4n) is 1.81. The van der Waals surface area contributed by atoms with E-state index >= 15 is 0 Å². The highest BCUT2D eigenvalue weighted by Crippen LogP contribution is 2.19. The number of ether oxygens (including phenoxy) is 1. The maximum absolute atomic E-state index is 12.1. The molecule has 0 aliphatic carbocycles. The quantitative estimate of drug-likeness (QED) is 0.885. The number of anilines is 1. The first-order valence-electron chi connectivity index (χ1n) is 6.53. The van der Waals surface area contributed by atoms with E-state index in [1.54, 1.807) is 43.3 Å². The first-order valence-corrected chi connectivity index (χ1v) is 6.90. The number of carboxylic acid groups (broad SMARTS) is 1. The van der Waals surface area contributed by atoms with Gasteiger partial charge in [0.1, 0.15) is 5.75 Å². The van der Waals surface area contributed by atoms with Crippen molar-refractivity contribution >= 4 is 29.2 Å². The molecule has 2 aromatic carbocycles. The third kappa shape index (κ3) is 3.99. The van der Waals surface area contributed by atoms with Crippen LogP contribution in [0.1, 0.15) is 17.3 Å². The number of para-hydroxylation sites is 1. The number of hydrogen-bond acceptors (Lipinski definition) is 3. The molecule has 6 heteroatoms. The van der Waals surface area contributed by atoms with Crippen molar-refractivity contribution in [2.45, 2.75) is 13.0 Å². The van der Waals surface area contributed by atoms with E-state index in [1.165, 1.54) is 12.1 Å². The molecular formula is C16H14ClNO4. The lowest BCUT2D eigenvalue weighted by Crippen LogP contribution is -2.30. The van der Waals surface area contributed by atoms with Crippen LogP contribution in [0.2, 0.25) is 5.02 Å². The molecule has 2 aromatic rings. The molecule has 114 valence electrons. The van der Waals surface area contributed by atoms with E-state index in [4.69, 9.17) is 21.4 Å². The molecule has 1 atom stereocenters. The van der Waals surface area contributed by atoms with Crippen molar-refractivity contribution in [3.05, 3.63) is 59.1 Å². The van der Waals surface area contributed by atoms with Gasteiger partial charge >= 0.3 is 5.97 Å². The lowest BCUT2D eigenvalue weighted by atomic mass is 10.1. The van der Waals surface area contributed by atoms with Crippen LogP contribution in [0.25, 0.3) is 0 Å². The molecule has 0 unspecified atom stereocenters. The minimum absolute atomic E-state index is 0.0193.